The summed E-state index contributed by atoms with van der Waals surface area (Å²) < 4.78 is 0. The van der Waals surface area contributed by atoms with Crippen molar-refractivity contribution in [2.75, 3.05) is 18.9 Å². The number of carbonyl (C=O) groups is 1. The molecule has 1 saturated heterocycles. The summed E-state index contributed by atoms with van der Waals surface area (Å²) in [6.45, 7) is 5.22. The number of nitrogens with zero attached hydrogens (tertiary/aromatic N) is 1. The fourth-order valence-corrected chi connectivity index (χ4v) is 2.74. The second-order valence-corrected chi connectivity index (χ2v) is 5.79. The number of hydrogen-bond acceptors (Lipinski definition) is 3. The number of nitrogens with one attached hydrogen (secondary N) is 2. The molecular weight excluding hydrogens is 262 g/mol. The van der Waals surface area contributed by atoms with E-state index in [1.807, 2.05) is 31.3 Å². The molecule has 114 valence electrons. The Balaban J connectivity index is 2.05. The Morgan fingerprint density at radius 2 is 2.29 bits per heavy atom. The molecule has 2 N–H and O–H groups in total. The van der Waals surface area contributed by atoms with E-state index >= 15 is 0 Å². The first kappa shape index (κ1) is 15.7. The van der Waals surface area contributed by atoms with Gasteiger partial charge in [-0.1, -0.05) is 32.4 Å². The third-order valence-corrected chi connectivity index (χ3v) is 3.89. The summed E-state index contributed by atoms with van der Waals surface area (Å²) in [5.41, 5.74) is 3.02. The Labute approximate surface area is 127 Å². The van der Waals surface area contributed by atoms with E-state index in [0.717, 1.165) is 42.8 Å². The average Bonchev–Trinajstić information content (AvgIpc) is 2.92. The van der Waals surface area contributed by atoms with Crippen LogP contribution in [0.15, 0.2) is 29.3 Å². The van der Waals surface area contributed by atoms with Crippen LogP contribution < -0.4 is 10.6 Å². The topological polar surface area (TPSA) is 53.5 Å². The van der Waals surface area contributed by atoms with Gasteiger partial charge in [0, 0.05) is 18.4 Å². The van der Waals surface area contributed by atoms with E-state index in [1.54, 1.807) is 0 Å². The Bertz CT molecular complexity index is 525. The lowest BCUT2D eigenvalue weighted by Gasteiger charge is -2.12. The first-order chi connectivity index (χ1) is 10.1. The zero-order valence-electron chi connectivity index (χ0n) is 13.1. The van der Waals surface area contributed by atoms with Gasteiger partial charge in [0.2, 0.25) is 5.91 Å². The molecule has 4 nitrogen and oxygen atoms in total. The molecule has 0 aliphatic carbocycles. The number of benzene rings is 1. The molecule has 1 fully saturated rings. The van der Waals surface area contributed by atoms with Gasteiger partial charge in [-0.3, -0.25) is 9.79 Å². The third-order valence-electron chi connectivity index (χ3n) is 3.89. The summed E-state index contributed by atoms with van der Waals surface area (Å²) in [4.78, 5) is 16.6. The maximum atomic E-state index is 12.2. The van der Waals surface area contributed by atoms with Crippen LogP contribution in [0.4, 0.5) is 5.69 Å². The van der Waals surface area contributed by atoms with E-state index in [0.29, 0.717) is 5.92 Å². The van der Waals surface area contributed by atoms with E-state index in [4.69, 9.17) is 0 Å². The van der Waals surface area contributed by atoms with Crippen LogP contribution in [0, 0.1) is 5.92 Å². The Morgan fingerprint density at radius 3 is 2.90 bits per heavy atom. The second kappa shape index (κ2) is 7.36. The van der Waals surface area contributed by atoms with Crippen molar-refractivity contribution in [2.45, 2.75) is 39.2 Å². The van der Waals surface area contributed by atoms with Crippen molar-refractivity contribution in [3.05, 3.63) is 29.8 Å². The first-order valence-corrected chi connectivity index (χ1v) is 7.74. The molecule has 1 amide bonds. The van der Waals surface area contributed by atoms with Gasteiger partial charge in [0.05, 0.1) is 6.04 Å². The molecular formula is C17H25N3O. The van der Waals surface area contributed by atoms with Crippen molar-refractivity contribution in [1.29, 1.82) is 0 Å². The highest BCUT2D eigenvalue weighted by atomic mass is 16.2. The lowest BCUT2D eigenvalue weighted by atomic mass is 10.0. The largest absolute Gasteiger partial charge is 0.325 e. The van der Waals surface area contributed by atoms with Crippen LogP contribution in [0.25, 0.3) is 0 Å². The molecule has 1 heterocycles. The highest BCUT2D eigenvalue weighted by Gasteiger charge is 2.26. The molecule has 0 radical (unpaired) electrons. The van der Waals surface area contributed by atoms with E-state index in [2.05, 4.69) is 29.5 Å². The molecule has 2 atom stereocenters. The lowest BCUT2D eigenvalue weighted by Crippen LogP contribution is -2.35. The minimum atomic E-state index is -0.0707. The summed E-state index contributed by atoms with van der Waals surface area (Å²) in [6, 6.07) is 7.88. The van der Waals surface area contributed by atoms with Gasteiger partial charge < -0.3 is 10.6 Å². The van der Waals surface area contributed by atoms with Gasteiger partial charge in [0.1, 0.15) is 0 Å². The molecule has 4 heteroatoms. The maximum absolute atomic E-state index is 12.2. The minimum absolute atomic E-state index is 0.0574. The van der Waals surface area contributed by atoms with Crippen LogP contribution in [-0.2, 0) is 4.79 Å². The Kier molecular flexibility index (Phi) is 5.51. The van der Waals surface area contributed by atoms with E-state index in [-0.39, 0.29) is 11.9 Å². The number of carbonyl (C=O) groups excluding carboxylic acids is 1. The zero-order chi connectivity index (χ0) is 15.2. The van der Waals surface area contributed by atoms with E-state index in [9.17, 15) is 4.79 Å². The van der Waals surface area contributed by atoms with E-state index in [1.165, 1.54) is 0 Å². The van der Waals surface area contributed by atoms with Gasteiger partial charge in [-0.05, 0) is 43.0 Å². The summed E-state index contributed by atoms with van der Waals surface area (Å²) >= 11 is 0. The summed E-state index contributed by atoms with van der Waals surface area (Å²) in [5, 5.41) is 6.27. The minimum Gasteiger partial charge on any atom is -0.325 e. The van der Waals surface area contributed by atoms with E-state index < -0.39 is 0 Å². The normalized spacial score (nSPS) is 22.3. The number of rotatable bonds is 5. The van der Waals surface area contributed by atoms with Crippen molar-refractivity contribution >= 4 is 17.3 Å². The number of aliphatic imine (C=N–C) groups is 1. The van der Waals surface area contributed by atoms with Crippen molar-refractivity contribution < 1.29 is 4.79 Å². The van der Waals surface area contributed by atoms with Gasteiger partial charge in [-0.25, -0.2) is 0 Å². The monoisotopic (exact) mass is 287 g/mol. The smallest absolute Gasteiger partial charge is 0.241 e. The number of hydrogen-bond donors (Lipinski definition) is 2. The zero-order valence-corrected chi connectivity index (χ0v) is 13.1. The van der Waals surface area contributed by atoms with Crippen LogP contribution in [0.1, 0.15) is 38.7 Å². The second-order valence-electron chi connectivity index (χ2n) is 5.79. The molecule has 1 aliphatic heterocycles. The molecule has 2 rings (SSSR count). The molecule has 0 bridgehead atoms. The SMILES string of the molecule is CCCC(=NC)c1cccc(NC(=O)C2CC(C)CN2)c1. The third kappa shape index (κ3) is 4.14. The molecule has 2 unspecified atom stereocenters. The van der Waals surface area contributed by atoms with Crippen LogP contribution in [-0.4, -0.2) is 31.3 Å². The molecule has 1 aliphatic rings. The fraction of sp³-hybridized carbons (Fsp3) is 0.529. The first-order valence-electron chi connectivity index (χ1n) is 7.74. The van der Waals surface area contributed by atoms with Crippen LogP contribution in [0.3, 0.4) is 0 Å². The van der Waals surface area contributed by atoms with Crippen molar-refractivity contribution in [1.82, 2.24) is 5.32 Å². The summed E-state index contributed by atoms with van der Waals surface area (Å²) in [7, 11) is 1.82. The molecule has 21 heavy (non-hydrogen) atoms. The molecule has 0 spiro atoms. The van der Waals surface area contributed by atoms with Crippen molar-refractivity contribution in [3.63, 3.8) is 0 Å². The van der Waals surface area contributed by atoms with Gasteiger partial charge in [-0.2, -0.15) is 0 Å². The van der Waals surface area contributed by atoms with Gasteiger partial charge >= 0.3 is 0 Å². The predicted octanol–water partition coefficient (Wildman–Crippen LogP) is 2.84. The number of anilines is 1. The molecule has 0 aromatic heterocycles. The van der Waals surface area contributed by atoms with Crippen molar-refractivity contribution in [3.8, 4) is 0 Å². The van der Waals surface area contributed by atoms with Crippen LogP contribution in [0.5, 0.6) is 0 Å². The van der Waals surface area contributed by atoms with Gasteiger partial charge in [0.15, 0.2) is 0 Å². The molecule has 0 saturated carbocycles. The quantitative estimate of drug-likeness (QED) is 0.818. The molecule has 1 aromatic carbocycles. The standard InChI is InChI=1S/C17H25N3O/c1-4-6-15(18-3)13-7-5-8-14(10-13)20-17(21)16-9-12(2)11-19-16/h5,7-8,10,12,16,19H,4,6,9,11H2,1-3H3,(H,20,21). The summed E-state index contributed by atoms with van der Waals surface area (Å²) in [6.07, 6.45) is 2.92. The highest BCUT2D eigenvalue weighted by molar-refractivity contribution is 6.02. The Hall–Kier alpha value is -1.68. The van der Waals surface area contributed by atoms with Gasteiger partial charge in [-0.15, -0.1) is 0 Å². The maximum Gasteiger partial charge on any atom is 0.241 e. The average molecular weight is 287 g/mol. The predicted molar refractivity (Wildman–Crippen MR) is 88.0 cm³/mol. The number of amides is 1. The fourth-order valence-electron chi connectivity index (χ4n) is 2.74. The van der Waals surface area contributed by atoms with Crippen molar-refractivity contribution in [2.24, 2.45) is 10.9 Å². The highest BCUT2D eigenvalue weighted by Crippen LogP contribution is 2.17. The van der Waals surface area contributed by atoms with Crippen LogP contribution >= 0.6 is 0 Å². The van der Waals surface area contributed by atoms with Gasteiger partial charge in [0.25, 0.3) is 0 Å². The lowest BCUT2D eigenvalue weighted by molar-refractivity contribution is -0.117. The molecule has 1 aromatic rings. The Morgan fingerprint density at radius 1 is 1.48 bits per heavy atom. The van der Waals surface area contributed by atoms with Crippen LogP contribution in [0.2, 0.25) is 0 Å². The summed E-state index contributed by atoms with van der Waals surface area (Å²) in [5.74, 6) is 0.623.